The number of carbonyl (C=O) groups is 1. The summed E-state index contributed by atoms with van der Waals surface area (Å²) in [6, 6.07) is 19.5. The Hall–Kier alpha value is -2.59. The summed E-state index contributed by atoms with van der Waals surface area (Å²) in [5.41, 5.74) is 4.43. The fourth-order valence-electron chi connectivity index (χ4n) is 2.98. The zero-order chi connectivity index (χ0) is 23.0. The van der Waals surface area contributed by atoms with Gasteiger partial charge in [0.1, 0.15) is 5.75 Å². The van der Waals surface area contributed by atoms with E-state index in [2.05, 4.69) is 20.7 Å². The number of fused-ring (bicyclic) bond motifs is 1. The maximum Gasteiger partial charge on any atom is 0.250 e. The van der Waals surface area contributed by atoms with E-state index in [1.54, 1.807) is 25.1 Å². The van der Waals surface area contributed by atoms with Crippen molar-refractivity contribution in [3.05, 3.63) is 76.8 Å². The highest BCUT2D eigenvalue weighted by Crippen LogP contribution is 2.32. The second-order valence-corrected chi connectivity index (χ2v) is 10.5. The number of hydrogen-bond acceptors (Lipinski definition) is 8. The molecule has 0 atom stereocenters. The number of nitrogens with one attached hydrogen (secondary N) is 1. The summed E-state index contributed by atoms with van der Waals surface area (Å²) in [5.74, 6) is 1.37. The predicted molar refractivity (Wildman–Crippen MR) is 138 cm³/mol. The van der Waals surface area contributed by atoms with Gasteiger partial charge in [-0.25, -0.2) is 5.43 Å². The van der Waals surface area contributed by atoms with Crippen molar-refractivity contribution < 1.29 is 9.53 Å². The van der Waals surface area contributed by atoms with E-state index in [9.17, 15) is 4.79 Å². The van der Waals surface area contributed by atoms with Gasteiger partial charge in [-0.3, -0.25) is 4.79 Å². The van der Waals surface area contributed by atoms with Crippen molar-refractivity contribution in [3.63, 3.8) is 0 Å². The monoisotopic (exact) mass is 514 g/mol. The van der Waals surface area contributed by atoms with E-state index in [0.29, 0.717) is 11.5 Å². The molecule has 0 saturated carbocycles. The molecular weight excluding hydrogens is 496 g/mol. The number of aromatic nitrogens is 2. The summed E-state index contributed by atoms with van der Waals surface area (Å²) in [7, 11) is 1.61. The highest BCUT2D eigenvalue weighted by Gasteiger charge is 2.10. The molecule has 0 spiro atoms. The topological polar surface area (TPSA) is 76.5 Å². The highest BCUT2D eigenvalue weighted by molar-refractivity contribution is 8.03. The largest absolute Gasteiger partial charge is 0.496 e. The van der Waals surface area contributed by atoms with E-state index in [4.69, 9.17) is 16.3 Å². The van der Waals surface area contributed by atoms with Gasteiger partial charge in [0, 0.05) is 16.3 Å². The lowest BCUT2D eigenvalue weighted by atomic mass is 10.0. The molecule has 10 heteroatoms. The van der Waals surface area contributed by atoms with Crippen molar-refractivity contribution in [1.82, 2.24) is 15.6 Å². The second-order valence-electron chi connectivity index (χ2n) is 6.70. The third-order valence-electron chi connectivity index (χ3n) is 4.56. The molecule has 6 nitrogen and oxygen atoms in total. The summed E-state index contributed by atoms with van der Waals surface area (Å²) in [4.78, 5) is 12.2. The SMILES string of the molecule is COc1ccc2ccccc2c1/C=N\NC(=O)CSc1nnc(SCc2ccccc2Cl)s1. The van der Waals surface area contributed by atoms with Crippen LogP contribution in [0.1, 0.15) is 11.1 Å². The Bertz CT molecular complexity index is 1300. The number of carbonyl (C=O) groups excluding carboxylic acids is 1. The molecule has 0 radical (unpaired) electrons. The molecule has 33 heavy (non-hydrogen) atoms. The minimum absolute atomic E-state index is 0.188. The summed E-state index contributed by atoms with van der Waals surface area (Å²) in [6.07, 6.45) is 1.61. The second kappa shape index (κ2) is 11.5. The highest BCUT2D eigenvalue weighted by atomic mass is 35.5. The zero-order valence-electron chi connectivity index (χ0n) is 17.5. The van der Waals surface area contributed by atoms with E-state index in [1.165, 1.54) is 23.1 Å². The number of hydrogen-bond donors (Lipinski definition) is 1. The van der Waals surface area contributed by atoms with Gasteiger partial charge in [-0.1, -0.05) is 95.0 Å². The van der Waals surface area contributed by atoms with Gasteiger partial charge in [0.15, 0.2) is 8.68 Å². The number of thioether (sulfide) groups is 2. The Labute approximate surface area is 208 Å². The molecular formula is C23H19ClN4O2S3. The van der Waals surface area contributed by atoms with Gasteiger partial charge in [0.2, 0.25) is 0 Å². The quantitative estimate of drug-likeness (QED) is 0.170. The van der Waals surface area contributed by atoms with Crippen LogP contribution in [0.25, 0.3) is 10.8 Å². The molecule has 0 aliphatic rings. The number of ether oxygens (including phenoxy) is 1. The zero-order valence-corrected chi connectivity index (χ0v) is 20.7. The normalized spacial score (nSPS) is 11.2. The average Bonchev–Trinajstić information content (AvgIpc) is 3.30. The third-order valence-corrected chi connectivity index (χ3v) is 8.16. The summed E-state index contributed by atoms with van der Waals surface area (Å²) >= 11 is 10.5. The number of benzene rings is 3. The van der Waals surface area contributed by atoms with Crippen LogP contribution in [-0.2, 0) is 10.5 Å². The Balaban J connectivity index is 1.30. The molecule has 1 amide bonds. The van der Waals surface area contributed by atoms with Gasteiger partial charge in [0.25, 0.3) is 5.91 Å². The van der Waals surface area contributed by atoms with Crippen molar-refractivity contribution in [2.75, 3.05) is 12.9 Å². The van der Waals surface area contributed by atoms with Crippen molar-refractivity contribution in [2.45, 2.75) is 14.4 Å². The van der Waals surface area contributed by atoms with Gasteiger partial charge in [-0.05, 0) is 28.5 Å². The fourth-order valence-corrected chi connectivity index (χ4v) is 6.08. The molecule has 0 unspecified atom stereocenters. The standard InChI is InChI=1S/C23H19ClN4O2S3/c1-30-20-11-10-15-6-2-4-8-17(15)18(20)12-25-26-21(29)14-32-23-28-27-22(33-23)31-13-16-7-3-5-9-19(16)24/h2-12H,13-14H2,1H3,(H,26,29)/b25-12-. The van der Waals surface area contributed by atoms with E-state index in [0.717, 1.165) is 35.6 Å². The van der Waals surface area contributed by atoms with E-state index in [-0.39, 0.29) is 11.7 Å². The summed E-state index contributed by atoms with van der Waals surface area (Å²) < 4.78 is 7.00. The van der Waals surface area contributed by atoms with E-state index >= 15 is 0 Å². The van der Waals surface area contributed by atoms with Crippen LogP contribution in [0.15, 0.2) is 74.4 Å². The molecule has 1 heterocycles. The first kappa shape index (κ1) is 23.6. The third kappa shape index (κ3) is 6.26. The molecule has 0 aliphatic heterocycles. The first-order valence-electron chi connectivity index (χ1n) is 9.84. The lowest BCUT2D eigenvalue weighted by Crippen LogP contribution is -2.19. The minimum Gasteiger partial charge on any atom is -0.496 e. The van der Waals surface area contributed by atoms with Crippen LogP contribution in [0.5, 0.6) is 5.75 Å². The van der Waals surface area contributed by atoms with Gasteiger partial charge in [-0.2, -0.15) is 5.10 Å². The first-order chi connectivity index (χ1) is 16.1. The number of hydrazone groups is 1. The van der Waals surface area contributed by atoms with Crippen molar-refractivity contribution in [1.29, 1.82) is 0 Å². The predicted octanol–water partition coefficient (Wildman–Crippen LogP) is 5.89. The molecule has 0 aliphatic carbocycles. The van der Waals surface area contributed by atoms with Crippen molar-refractivity contribution >= 4 is 69.4 Å². The molecule has 0 bridgehead atoms. The van der Waals surface area contributed by atoms with Gasteiger partial charge >= 0.3 is 0 Å². The Kier molecular flexibility index (Phi) is 8.22. The lowest BCUT2D eigenvalue weighted by molar-refractivity contribution is -0.118. The Morgan fingerprint density at radius 1 is 1.09 bits per heavy atom. The Morgan fingerprint density at radius 2 is 1.85 bits per heavy atom. The van der Waals surface area contributed by atoms with Crippen LogP contribution >= 0.6 is 46.5 Å². The number of rotatable bonds is 9. The van der Waals surface area contributed by atoms with Gasteiger partial charge in [0.05, 0.1) is 19.1 Å². The van der Waals surface area contributed by atoms with E-state index in [1.807, 2.05) is 60.7 Å². The molecule has 1 aromatic heterocycles. The van der Waals surface area contributed by atoms with Crippen LogP contribution in [-0.4, -0.2) is 35.2 Å². The lowest BCUT2D eigenvalue weighted by Gasteiger charge is -2.08. The molecule has 4 aromatic rings. The van der Waals surface area contributed by atoms with Crippen LogP contribution in [0.2, 0.25) is 5.02 Å². The molecule has 4 rings (SSSR count). The number of halogens is 1. The summed E-state index contributed by atoms with van der Waals surface area (Å²) in [6.45, 7) is 0. The number of nitrogens with zero attached hydrogens (tertiary/aromatic N) is 3. The number of amides is 1. The van der Waals surface area contributed by atoms with Gasteiger partial charge in [-0.15, -0.1) is 10.2 Å². The minimum atomic E-state index is -0.226. The summed E-state index contributed by atoms with van der Waals surface area (Å²) in [5, 5.41) is 15.3. The van der Waals surface area contributed by atoms with Crippen LogP contribution < -0.4 is 10.2 Å². The molecule has 168 valence electrons. The van der Waals surface area contributed by atoms with E-state index < -0.39 is 0 Å². The molecule has 0 saturated heterocycles. The van der Waals surface area contributed by atoms with Crippen molar-refractivity contribution in [3.8, 4) is 5.75 Å². The Morgan fingerprint density at radius 3 is 2.67 bits per heavy atom. The van der Waals surface area contributed by atoms with Crippen molar-refractivity contribution in [2.24, 2.45) is 5.10 Å². The molecule has 3 aromatic carbocycles. The average molecular weight is 515 g/mol. The number of methoxy groups -OCH3 is 1. The first-order valence-corrected chi connectivity index (χ1v) is 13.0. The van der Waals surface area contributed by atoms with Crippen LogP contribution in [0.3, 0.4) is 0 Å². The molecule has 0 fully saturated rings. The van der Waals surface area contributed by atoms with Gasteiger partial charge < -0.3 is 4.74 Å². The maximum absolute atomic E-state index is 12.2. The van der Waals surface area contributed by atoms with Crippen LogP contribution in [0, 0.1) is 0 Å². The molecule has 1 N–H and O–H groups in total. The van der Waals surface area contributed by atoms with Crippen LogP contribution in [0.4, 0.5) is 0 Å². The smallest absolute Gasteiger partial charge is 0.250 e. The fraction of sp³-hybridized carbons (Fsp3) is 0.130. The maximum atomic E-state index is 12.2.